The van der Waals surface area contributed by atoms with Gasteiger partial charge in [-0.25, -0.2) is 0 Å². The molecule has 0 aliphatic carbocycles. The van der Waals surface area contributed by atoms with E-state index in [4.69, 9.17) is 0 Å². The van der Waals surface area contributed by atoms with Crippen LogP contribution in [0.1, 0.15) is 78.1 Å². The molecule has 0 aromatic carbocycles. The lowest BCUT2D eigenvalue weighted by atomic mass is 10.0. The molecule has 0 rings (SSSR count). The Labute approximate surface area is 111 Å². The van der Waals surface area contributed by atoms with Crippen molar-refractivity contribution in [1.82, 2.24) is 0 Å². The van der Waals surface area contributed by atoms with E-state index in [0.29, 0.717) is 0 Å². The average Bonchev–Trinajstić information content (AvgIpc) is 2.20. The predicted octanol–water partition coefficient (Wildman–Crippen LogP) is 5.98. The van der Waals surface area contributed by atoms with Crippen molar-refractivity contribution in [2.75, 3.05) is 4.43 Å². The van der Waals surface area contributed by atoms with Crippen molar-refractivity contribution in [3.63, 3.8) is 0 Å². The average molecular weight is 324 g/mol. The van der Waals surface area contributed by atoms with E-state index in [1.807, 2.05) is 0 Å². The highest BCUT2D eigenvalue weighted by Crippen LogP contribution is 2.13. The van der Waals surface area contributed by atoms with Gasteiger partial charge in [-0.3, -0.25) is 0 Å². The van der Waals surface area contributed by atoms with Crippen LogP contribution < -0.4 is 0 Å². The molecule has 0 aliphatic rings. The molecular weight excluding hydrogens is 295 g/mol. The number of hydrogen-bond acceptors (Lipinski definition) is 0. The van der Waals surface area contributed by atoms with Crippen molar-refractivity contribution >= 4 is 22.6 Å². The summed E-state index contributed by atoms with van der Waals surface area (Å²) in [6, 6.07) is 0. The van der Waals surface area contributed by atoms with Crippen LogP contribution in [0.5, 0.6) is 0 Å². The van der Waals surface area contributed by atoms with Gasteiger partial charge in [-0.2, -0.15) is 0 Å². The maximum atomic E-state index is 2.48. The van der Waals surface area contributed by atoms with Crippen LogP contribution in [0.25, 0.3) is 0 Å². The standard InChI is InChI=1S/C14H29I/c1-14(2)12-10-8-6-4-3-5-7-9-11-13-15/h14H,3-13H2,1-2H3. The minimum Gasteiger partial charge on any atom is -0.0864 e. The molecule has 0 fully saturated rings. The fraction of sp³-hybridized carbons (Fsp3) is 1.00. The third kappa shape index (κ3) is 14.7. The number of rotatable bonds is 11. The van der Waals surface area contributed by atoms with E-state index in [9.17, 15) is 0 Å². The quantitative estimate of drug-likeness (QED) is 0.249. The number of unbranched alkanes of at least 4 members (excludes halogenated alkanes) is 8. The van der Waals surface area contributed by atoms with E-state index in [1.54, 1.807) is 0 Å². The monoisotopic (exact) mass is 324 g/mol. The second kappa shape index (κ2) is 12.8. The first-order valence-corrected chi connectivity index (χ1v) is 8.36. The third-order valence-corrected chi connectivity index (χ3v) is 3.68. The maximum Gasteiger partial charge on any atom is -0.000473 e. The van der Waals surface area contributed by atoms with Crippen LogP contribution in [0.3, 0.4) is 0 Å². The van der Waals surface area contributed by atoms with Crippen LogP contribution in [0.15, 0.2) is 0 Å². The normalized spacial score (nSPS) is 11.2. The largest absolute Gasteiger partial charge is 0.0864 e. The molecule has 0 amide bonds. The van der Waals surface area contributed by atoms with E-state index in [-0.39, 0.29) is 0 Å². The molecule has 0 radical (unpaired) electrons. The molecule has 0 bridgehead atoms. The van der Waals surface area contributed by atoms with Crippen LogP contribution in [0.4, 0.5) is 0 Å². The van der Waals surface area contributed by atoms with Crippen molar-refractivity contribution in [1.29, 1.82) is 0 Å². The Hall–Kier alpha value is 0.730. The van der Waals surface area contributed by atoms with Gasteiger partial charge in [0.15, 0.2) is 0 Å². The maximum absolute atomic E-state index is 2.48. The zero-order chi connectivity index (χ0) is 11.4. The van der Waals surface area contributed by atoms with Crippen molar-refractivity contribution in [3.8, 4) is 0 Å². The van der Waals surface area contributed by atoms with E-state index in [0.717, 1.165) is 5.92 Å². The first-order chi connectivity index (χ1) is 7.27. The Kier molecular flexibility index (Phi) is 13.4. The Morgan fingerprint density at radius 1 is 0.667 bits per heavy atom. The third-order valence-electron chi connectivity index (χ3n) is 2.92. The highest BCUT2D eigenvalue weighted by molar-refractivity contribution is 14.1. The summed E-state index contributed by atoms with van der Waals surface area (Å²) in [5.41, 5.74) is 0. The molecule has 0 unspecified atom stereocenters. The number of halogens is 1. The summed E-state index contributed by atoms with van der Waals surface area (Å²) in [6.45, 7) is 4.65. The fourth-order valence-corrected chi connectivity index (χ4v) is 2.42. The predicted molar refractivity (Wildman–Crippen MR) is 79.9 cm³/mol. The summed E-state index contributed by atoms with van der Waals surface area (Å²) < 4.78 is 1.34. The lowest BCUT2D eigenvalue weighted by molar-refractivity contribution is 0.507. The highest BCUT2D eigenvalue weighted by atomic mass is 127. The molecule has 0 saturated heterocycles. The molecule has 1 heteroatoms. The van der Waals surface area contributed by atoms with E-state index < -0.39 is 0 Å². The highest BCUT2D eigenvalue weighted by Gasteiger charge is 1.95. The Morgan fingerprint density at radius 3 is 1.47 bits per heavy atom. The lowest BCUT2D eigenvalue weighted by Gasteiger charge is -2.04. The number of alkyl halides is 1. The zero-order valence-electron chi connectivity index (χ0n) is 10.7. The van der Waals surface area contributed by atoms with Gasteiger partial charge in [-0.1, -0.05) is 94.2 Å². The van der Waals surface area contributed by atoms with Gasteiger partial charge < -0.3 is 0 Å². The van der Waals surface area contributed by atoms with Gasteiger partial charge in [0.2, 0.25) is 0 Å². The molecular formula is C14H29I. The Bertz CT molecular complexity index is 110. The van der Waals surface area contributed by atoms with Gasteiger partial charge in [-0.15, -0.1) is 0 Å². The summed E-state index contributed by atoms with van der Waals surface area (Å²) in [6.07, 6.45) is 14.6. The first-order valence-electron chi connectivity index (χ1n) is 6.83. The van der Waals surface area contributed by atoms with E-state index >= 15 is 0 Å². The van der Waals surface area contributed by atoms with Crippen molar-refractivity contribution in [2.45, 2.75) is 78.1 Å². The van der Waals surface area contributed by atoms with E-state index in [2.05, 4.69) is 36.4 Å². The molecule has 15 heavy (non-hydrogen) atoms. The summed E-state index contributed by atoms with van der Waals surface area (Å²) in [5.74, 6) is 0.901. The summed E-state index contributed by atoms with van der Waals surface area (Å²) in [5, 5.41) is 0. The van der Waals surface area contributed by atoms with Gasteiger partial charge >= 0.3 is 0 Å². The van der Waals surface area contributed by atoms with Crippen molar-refractivity contribution in [3.05, 3.63) is 0 Å². The minimum absolute atomic E-state index is 0.901. The molecule has 0 atom stereocenters. The van der Waals surface area contributed by atoms with Crippen LogP contribution in [0, 0.1) is 5.92 Å². The molecule has 0 aromatic rings. The van der Waals surface area contributed by atoms with Crippen LogP contribution in [-0.4, -0.2) is 4.43 Å². The SMILES string of the molecule is CC(C)CCCCCCCCCCCI. The second-order valence-electron chi connectivity index (χ2n) is 5.05. The summed E-state index contributed by atoms with van der Waals surface area (Å²) >= 11 is 2.48. The molecule has 0 N–H and O–H groups in total. The van der Waals surface area contributed by atoms with Crippen molar-refractivity contribution < 1.29 is 0 Å². The van der Waals surface area contributed by atoms with Gasteiger partial charge in [-0.05, 0) is 16.8 Å². The fourth-order valence-electron chi connectivity index (χ4n) is 1.88. The summed E-state index contributed by atoms with van der Waals surface area (Å²) in [7, 11) is 0. The smallest absolute Gasteiger partial charge is 0.000473 e. The second-order valence-corrected chi connectivity index (χ2v) is 6.13. The molecule has 0 aliphatic heterocycles. The minimum atomic E-state index is 0.901. The molecule has 0 saturated carbocycles. The molecule has 92 valence electrons. The van der Waals surface area contributed by atoms with Crippen LogP contribution >= 0.6 is 22.6 Å². The molecule has 0 spiro atoms. The molecule has 0 heterocycles. The van der Waals surface area contributed by atoms with E-state index in [1.165, 1.54) is 68.6 Å². The lowest BCUT2D eigenvalue weighted by Crippen LogP contribution is -1.87. The Morgan fingerprint density at radius 2 is 1.07 bits per heavy atom. The molecule has 0 nitrogen and oxygen atoms in total. The van der Waals surface area contributed by atoms with Crippen molar-refractivity contribution in [2.24, 2.45) is 5.92 Å². The first kappa shape index (κ1) is 15.7. The van der Waals surface area contributed by atoms with Gasteiger partial charge in [0.1, 0.15) is 0 Å². The Balaban J connectivity index is 2.87. The van der Waals surface area contributed by atoms with Crippen LogP contribution in [0.2, 0.25) is 0 Å². The van der Waals surface area contributed by atoms with Gasteiger partial charge in [0.05, 0.1) is 0 Å². The topological polar surface area (TPSA) is 0 Å². The van der Waals surface area contributed by atoms with Crippen LogP contribution in [-0.2, 0) is 0 Å². The van der Waals surface area contributed by atoms with Gasteiger partial charge in [0, 0.05) is 0 Å². The van der Waals surface area contributed by atoms with Gasteiger partial charge in [0.25, 0.3) is 0 Å². The molecule has 0 aromatic heterocycles. The number of hydrogen-bond donors (Lipinski definition) is 0. The zero-order valence-corrected chi connectivity index (χ0v) is 12.9. The summed E-state index contributed by atoms with van der Waals surface area (Å²) in [4.78, 5) is 0.